The second-order valence-corrected chi connectivity index (χ2v) is 7.32. The van der Waals surface area contributed by atoms with Gasteiger partial charge in [0, 0.05) is 0 Å². The van der Waals surface area contributed by atoms with Crippen LogP contribution in [0, 0.1) is 17.7 Å². The fourth-order valence-electron chi connectivity index (χ4n) is 3.24. The Bertz CT molecular complexity index is 1020. The quantitative estimate of drug-likeness (QED) is 0.729. The minimum Gasteiger partial charge on any atom is -0.481 e. The van der Waals surface area contributed by atoms with Crippen LogP contribution in [0.2, 0.25) is 0 Å². The zero-order chi connectivity index (χ0) is 21.9. The van der Waals surface area contributed by atoms with E-state index in [0.717, 1.165) is 5.56 Å². The van der Waals surface area contributed by atoms with E-state index >= 15 is 0 Å². The van der Waals surface area contributed by atoms with Crippen molar-refractivity contribution < 1.29 is 28.6 Å². The fraction of sp³-hybridized carbons (Fsp3) is 0.304. The number of anilines is 1. The van der Waals surface area contributed by atoms with Crippen LogP contribution in [-0.4, -0.2) is 29.3 Å². The maximum absolute atomic E-state index is 14.4. The summed E-state index contributed by atoms with van der Waals surface area (Å²) in [4.78, 5) is 25.0. The Balaban J connectivity index is 1.79. The highest BCUT2D eigenvalue weighted by atomic mass is 19.1. The van der Waals surface area contributed by atoms with Crippen molar-refractivity contribution in [3.8, 4) is 23.3 Å². The Morgan fingerprint density at radius 1 is 1.27 bits per heavy atom. The number of carbonyl (C=O) groups excluding carboxylic acids is 1. The average molecular weight is 411 g/mol. The topological polar surface area (TPSA) is 76.1 Å². The van der Waals surface area contributed by atoms with Crippen LogP contribution in [0.25, 0.3) is 0 Å². The number of halogens is 1. The van der Waals surface area contributed by atoms with Crippen molar-refractivity contribution in [3.05, 3.63) is 53.8 Å². The molecular formula is C23H22FNO5. The molecule has 1 heterocycles. The number of hydrogen-bond donors (Lipinski definition) is 1. The van der Waals surface area contributed by atoms with Crippen LogP contribution in [0.3, 0.4) is 0 Å². The molecule has 0 aromatic heterocycles. The average Bonchev–Trinajstić information content (AvgIpc) is 2.68. The summed E-state index contributed by atoms with van der Waals surface area (Å²) < 4.78 is 25.8. The van der Waals surface area contributed by atoms with Crippen LogP contribution in [0.15, 0.2) is 42.5 Å². The molecule has 2 aromatic rings. The number of fused-ring (bicyclic) bond motifs is 1. The van der Waals surface area contributed by atoms with E-state index in [4.69, 9.17) is 14.6 Å². The van der Waals surface area contributed by atoms with E-state index in [9.17, 15) is 14.0 Å². The van der Waals surface area contributed by atoms with E-state index in [0.29, 0.717) is 5.75 Å². The van der Waals surface area contributed by atoms with Crippen LogP contribution in [-0.2, 0) is 9.59 Å². The number of nitrogens with zero attached hydrogens (tertiary/aromatic N) is 1. The number of ether oxygens (including phenoxy) is 2. The van der Waals surface area contributed by atoms with Gasteiger partial charge in [0.05, 0.1) is 12.3 Å². The lowest BCUT2D eigenvalue weighted by atomic mass is 9.96. The summed E-state index contributed by atoms with van der Waals surface area (Å²) in [6.45, 7) is 4.68. The van der Waals surface area contributed by atoms with E-state index in [1.54, 1.807) is 51.1 Å². The summed E-state index contributed by atoms with van der Waals surface area (Å²) in [5.74, 6) is 3.99. The van der Waals surface area contributed by atoms with Gasteiger partial charge in [0.2, 0.25) is 0 Å². The summed E-state index contributed by atoms with van der Waals surface area (Å²) in [6.07, 6.45) is -0.103. The van der Waals surface area contributed by atoms with Crippen LogP contribution < -0.4 is 14.4 Å². The molecule has 1 aliphatic heterocycles. The molecule has 0 fully saturated rings. The highest BCUT2D eigenvalue weighted by Gasteiger charge is 2.42. The van der Waals surface area contributed by atoms with Gasteiger partial charge in [-0.1, -0.05) is 24.1 Å². The predicted molar refractivity (Wildman–Crippen MR) is 109 cm³/mol. The van der Waals surface area contributed by atoms with Crippen LogP contribution in [0.4, 0.5) is 10.1 Å². The Labute approximate surface area is 174 Å². The molecule has 0 aliphatic carbocycles. The van der Waals surface area contributed by atoms with Gasteiger partial charge in [0.25, 0.3) is 5.91 Å². The molecule has 30 heavy (non-hydrogen) atoms. The first-order valence-electron chi connectivity index (χ1n) is 9.39. The number of hydrogen-bond acceptors (Lipinski definition) is 4. The van der Waals surface area contributed by atoms with Gasteiger partial charge in [-0.3, -0.25) is 14.5 Å². The SMILES string of the molecule is CC#CC(CC(=O)O)c1ccc(OCN2C(=O)C(C)(C)Oc3cccc(F)c32)cc1. The second kappa shape index (κ2) is 8.46. The molecule has 0 spiro atoms. The molecule has 3 rings (SSSR count). The first kappa shape index (κ1) is 21.2. The number of benzene rings is 2. The normalized spacial score (nSPS) is 15.3. The van der Waals surface area contributed by atoms with Gasteiger partial charge in [-0.15, -0.1) is 5.92 Å². The third-order valence-corrected chi connectivity index (χ3v) is 4.69. The van der Waals surface area contributed by atoms with Crippen molar-refractivity contribution in [1.29, 1.82) is 0 Å². The first-order valence-corrected chi connectivity index (χ1v) is 9.39. The van der Waals surface area contributed by atoms with Gasteiger partial charge < -0.3 is 14.6 Å². The molecule has 1 N–H and O–H groups in total. The molecule has 0 saturated carbocycles. The maximum atomic E-state index is 14.4. The van der Waals surface area contributed by atoms with Crippen LogP contribution in [0.1, 0.15) is 38.7 Å². The standard InChI is InChI=1S/C23H22FNO5/c1-4-6-16(13-20(26)27)15-9-11-17(12-10-15)29-14-25-21-18(24)7-5-8-19(21)30-23(2,3)22(25)28/h5,7-12,16H,13-14H2,1-3H3,(H,26,27). The van der Waals surface area contributed by atoms with Gasteiger partial charge in [-0.05, 0) is 50.6 Å². The lowest BCUT2D eigenvalue weighted by Crippen LogP contribution is -2.53. The smallest absolute Gasteiger partial charge is 0.304 e. The van der Waals surface area contributed by atoms with E-state index in [-0.39, 0.29) is 24.6 Å². The molecule has 156 valence electrons. The number of aliphatic carboxylic acids is 1. The third-order valence-electron chi connectivity index (χ3n) is 4.69. The van der Waals surface area contributed by atoms with Crippen LogP contribution in [0.5, 0.6) is 11.5 Å². The van der Waals surface area contributed by atoms with Gasteiger partial charge >= 0.3 is 5.97 Å². The summed E-state index contributed by atoms with van der Waals surface area (Å²) in [7, 11) is 0. The third kappa shape index (κ3) is 4.38. The molecule has 0 bridgehead atoms. The molecule has 0 radical (unpaired) electrons. The Morgan fingerprint density at radius 3 is 2.60 bits per heavy atom. The summed E-state index contributed by atoms with van der Waals surface area (Å²) in [5, 5.41) is 9.05. The highest BCUT2D eigenvalue weighted by Crippen LogP contribution is 2.39. The number of carboxylic acids is 1. The summed E-state index contributed by atoms with van der Waals surface area (Å²) in [5.41, 5.74) is -0.367. The molecule has 7 heteroatoms. The zero-order valence-corrected chi connectivity index (χ0v) is 16.9. The second-order valence-electron chi connectivity index (χ2n) is 7.32. The van der Waals surface area contributed by atoms with E-state index in [2.05, 4.69) is 11.8 Å². The van der Waals surface area contributed by atoms with E-state index in [1.807, 2.05) is 0 Å². The first-order chi connectivity index (χ1) is 14.2. The Kier molecular flexibility index (Phi) is 5.97. The number of rotatable bonds is 6. The van der Waals surface area contributed by atoms with Crippen molar-refractivity contribution in [1.82, 2.24) is 0 Å². The molecule has 1 aliphatic rings. The fourth-order valence-corrected chi connectivity index (χ4v) is 3.24. The van der Waals surface area contributed by atoms with Crippen molar-refractivity contribution >= 4 is 17.6 Å². The van der Waals surface area contributed by atoms with Gasteiger partial charge in [-0.25, -0.2) is 4.39 Å². The van der Waals surface area contributed by atoms with E-state index in [1.165, 1.54) is 17.0 Å². The van der Waals surface area contributed by atoms with Gasteiger partial charge in [0.1, 0.15) is 17.2 Å². The Morgan fingerprint density at radius 2 is 1.97 bits per heavy atom. The largest absolute Gasteiger partial charge is 0.481 e. The lowest BCUT2D eigenvalue weighted by Gasteiger charge is -2.38. The van der Waals surface area contributed by atoms with Gasteiger partial charge in [-0.2, -0.15) is 0 Å². The minimum absolute atomic E-state index is 0.0400. The predicted octanol–water partition coefficient (Wildman–Crippen LogP) is 3.95. The summed E-state index contributed by atoms with van der Waals surface area (Å²) in [6, 6.07) is 11.2. The van der Waals surface area contributed by atoms with Crippen molar-refractivity contribution in [2.45, 2.75) is 38.7 Å². The van der Waals surface area contributed by atoms with Crippen molar-refractivity contribution in [3.63, 3.8) is 0 Å². The molecule has 1 amide bonds. The minimum atomic E-state index is -1.16. The van der Waals surface area contributed by atoms with Crippen molar-refractivity contribution in [2.75, 3.05) is 11.6 Å². The molecule has 2 aromatic carbocycles. The Hall–Kier alpha value is -3.53. The van der Waals surface area contributed by atoms with Gasteiger partial charge in [0.15, 0.2) is 18.1 Å². The zero-order valence-electron chi connectivity index (χ0n) is 16.9. The van der Waals surface area contributed by atoms with Crippen molar-refractivity contribution in [2.24, 2.45) is 0 Å². The molecule has 0 saturated heterocycles. The number of carboxylic acid groups (broad SMARTS) is 1. The number of amides is 1. The maximum Gasteiger partial charge on any atom is 0.304 e. The molecule has 6 nitrogen and oxygen atoms in total. The molecule has 1 atom stereocenters. The number of para-hydroxylation sites is 1. The molecular weight excluding hydrogens is 389 g/mol. The summed E-state index contributed by atoms with van der Waals surface area (Å²) >= 11 is 0. The van der Waals surface area contributed by atoms with E-state index < -0.39 is 29.2 Å². The highest BCUT2D eigenvalue weighted by molar-refractivity contribution is 6.02. The number of carbonyl (C=O) groups is 2. The van der Waals surface area contributed by atoms with Crippen LogP contribution >= 0.6 is 0 Å². The lowest BCUT2D eigenvalue weighted by molar-refractivity contribution is -0.137. The monoisotopic (exact) mass is 411 g/mol. The molecule has 1 unspecified atom stereocenters.